The number of anilines is 2. The summed E-state index contributed by atoms with van der Waals surface area (Å²) in [6, 6.07) is 13.9. The minimum absolute atomic E-state index is 0.111. The third kappa shape index (κ3) is 6.71. The first kappa shape index (κ1) is 27.8. The van der Waals surface area contributed by atoms with Crippen molar-refractivity contribution in [1.29, 1.82) is 0 Å². The van der Waals surface area contributed by atoms with Crippen molar-refractivity contribution >= 4 is 23.5 Å². The number of carboxylic acids is 1. The number of carboxylic acid groups (broad SMARTS) is 1. The van der Waals surface area contributed by atoms with E-state index in [-0.39, 0.29) is 18.4 Å². The van der Waals surface area contributed by atoms with Gasteiger partial charge in [-0.3, -0.25) is 14.3 Å². The van der Waals surface area contributed by atoms with Gasteiger partial charge in [-0.25, -0.2) is 9.97 Å². The molecule has 0 saturated carbocycles. The number of rotatable bonds is 11. The minimum atomic E-state index is -0.982. The van der Waals surface area contributed by atoms with E-state index in [0.717, 1.165) is 46.5 Å². The SMILES string of the molecule is Cc1cccc(OCCCC(=O)N2CCCc3c(-c4cnn(Cc5ccnc(NCC(=O)O)n5)c4)cccc32)c1C. The molecule has 5 rings (SSSR count). The molecule has 1 aliphatic heterocycles. The topological polar surface area (TPSA) is 122 Å². The van der Waals surface area contributed by atoms with Gasteiger partial charge in [0.05, 0.1) is 25.0 Å². The number of nitrogens with zero attached hydrogens (tertiary/aromatic N) is 5. The summed E-state index contributed by atoms with van der Waals surface area (Å²) in [6.07, 6.45) is 8.25. The molecule has 10 nitrogen and oxygen atoms in total. The maximum absolute atomic E-state index is 13.3. The molecule has 2 aromatic carbocycles. The number of hydrogen-bond acceptors (Lipinski definition) is 7. The zero-order valence-corrected chi connectivity index (χ0v) is 23.3. The van der Waals surface area contributed by atoms with Crippen molar-refractivity contribution in [2.45, 2.75) is 46.1 Å². The summed E-state index contributed by atoms with van der Waals surface area (Å²) in [4.78, 5) is 34.4. The van der Waals surface area contributed by atoms with Gasteiger partial charge in [0.2, 0.25) is 11.9 Å². The molecule has 0 saturated heterocycles. The van der Waals surface area contributed by atoms with Crippen LogP contribution in [0.1, 0.15) is 41.6 Å². The van der Waals surface area contributed by atoms with Gasteiger partial charge in [0.1, 0.15) is 12.3 Å². The van der Waals surface area contributed by atoms with Crippen molar-refractivity contribution in [2.75, 3.05) is 29.9 Å². The molecule has 3 heterocycles. The van der Waals surface area contributed by atoms with Crippen LogP contribution in [0.5, 0.6) is 5.75 Å². The van der Waals surface area contributed by atoms with Gasteiger partial charge in [-0.05, 0) is 73.6 Å². The van der Waals surface area contributed by atoms with Crippen LogP contribution in [0.15, 0.2) is 61.1 Å². The highest BCUT2D eigenvalue weighted by atomic mass is 16.5. The Morgan fingerprint density at radius 2 is 1.98 bits per heavy atom. The van der Waals surface area contributed by atoms with Crippen LogP contribution in [0, 0.1) is 13.8 Å². The molecule has 0 bridgehead atoms. The number of benzene rings is 2. The summed E-state index contributed by atoms with van der Waals surface area (Å²) in [6.45, 7) is 5.48. The number of aryl methyl sites for hydroxylation is 1. The molecule has 10 heteroatoms. The van der Waals surface area contributed by atoms with Crippen molar-refractivity contribution in [3.8, 4) is 16.9 Å². The van der Waals surface area contributed by atoms with Gasteiger partial charge in [-0.2, -0.15) is 5.10 Å². The van der Waals surface area contributed by atoms with Gasteiger partial charge < -0.3 is 20.1 Å². The average molecular weight is 555 g/mol. The predicted octanol–water partition coefficient (Wildman–Crippen LogP) is 4.64. The Hall–Kier alpha value is -4.73. The highest BCUT2D eigenvalue weighted by molar-refractivity contribution is 5.96. The molecule has 0 radical (unpaired) electrons. The molecular formula is C31H34N6O4. The predicted molar refractivity (Wildman–Crippen MR) is 156 cm³/mol. The van der Waals surface area contributed by atoms with Gasteiger partial charge >= 0.3 is 5.97 Å². The summed E-state index contributed by atoms with van der Waals surface area (Å²) in [5, 5.41) is 16.1. The minimum Gasteiger partial charge on any atom is -0.493 e. The third-order valence-electron chi connectivity index (χ3n) is 7.28. The molecule has 1 amide bonds. The zero-order valence-electron chi connectivity index (χ0n) is 23.3. The van der Waals surface area contributed by atoms with Crippen LogP contribution in [-0.4, -0.2) is 56.4 Å². The van der Waals surface area contributed by atoms with Gasteiger partial charge in [-0.1, -0.05) is 24.3 Å². The van der Waals surface area contributed by atoms with Crippen molar-refractivity contribution < 1.29 is 19.4 Å². The fraction of sp³-hybridized carbons (Fsp3) is 0.323. The van der Waals surface area contributed by atoms with Crippen LogP contribution < -0.4 is 15.0 Å². The molecule has 0 fully saturated rings. The van der Waals surface area contributed by atoms with E-state index in [1.54, 1.807) is 16.9 Å². The third-order valence-corrected chi connectivity index (χ3v) is 7.28. The molecule has 0 unspecified atom stereocenters. The van der Waals surface area contributed by atoms with Crippen molar-refractivity contribution in [2.24, 2.45) is 0 Å². The highest BCUT2D eigenvalue weighted by Crippen LogP contribution is 2.36. The van der Waals surface area contributed by atoms with E-state index in [9.17, 15) is 9.59 Å². The van der Waals surface area contributed by atoms with Crippen molar-refractivity contribution in [1.82, 2.24) is 19.7 Å². The standard InChI is InChI=1S/C31H34N6O4/c1-21-7-3-11-28(22(21)2)41-16-6-12-29(38)37-15-5-9-26-25(8-4-10-27(26)37)23-17-34-36(19-23)20-24-13-14-32-31(35-24)33-18-30(39)40/h3-4,7-8,10-11,13-14,17,19H,5-6,9,12,15-16,18,20H2,1-2H3,(H,39,40)(H,32,33,35). The van der Waals surface area contributed by atoms with Crippen molar-refractivity contribution in [3.05, 3.63) is 83.4 Å². The number of hydrogen-bond donors (Lipinski definition) is 2. The molecule has 0 atom stereocenters. The summed E-state index contributed by atoms with van der Waals surface area (Å²) < 4.78 is 7.75. The van der Waals surface area contributed by atoms with Crippen LogP contribution >= 0.6 is 0 Å². The van der Waals surface area contributed by atoms with Gasteiger partial charge in [-0.15, -0.1) is 0 Å². The van der Waals surface area contributed by atoms with Crippen LogP contribution in [-0.2, 0) is 22.6 Å². The number of nitrogens with one attached hydrogen (secondary N) is 1. The molecule has 0 spiro atoms. The summed E-state index contributed by atoms with van der Waals surface area (Å²) in [5.41, 5.74) is 7.18. The second-order valence-electron chi connectivity index (χ2n) is 10.1. The molecule has 1 aliphatic rings. The first-order valence-electron chi connectivity index (χ1n) is 13.8. The number of carbonyl (C=O) groups excluding carboxylic acids is 1. The smallest absolute Gasteiger partial charge is 0.322 e. The average Bonchev–Trinajstić information content (AvgIpc) is 3.44. The lowest BCUT2D eigenvalue weighted by Crippen LogP contribution is -2.35. The molecular weight excluding hydrogens is 520 g/mol. The lowest BCUT2D eigenvalue weighted by atomic mass is 9.93. The summed E-state index contributed by atoms with van der Waals surface area (Å²) in [5.74, 6) is 0.265. The summed E-state index contributed by atoms with van der Waals surface area (Å²) >= 11 is 0. The van der Waals surface area contributed by atoms with E-state index in [1.165, 1.54) is 5.56 Å². The van der Waals surface area contributed by atoms with Crippen LogP contribution in [0.4, 0.5) is 11.6 Å². The number of ether oxygens (including phenoxy) is 1. The molecule has 2 N–H and O–H groups in total. The lowest BCUT2D eigenvalue weighted by Gasteiger charge is -2.31. The largest absolute Gasteiger partial charge is 0.493 e. The lowest BCUT2D eigenvalue weighted by molar-refractivity contribution is -0.135. The van der Waals surface area contributed by atoms with E-state index >= 15 is 0 Å². The van der Waals surface area contributed by atoms with E-state index in [0.29, 0.717) is 38.2 Å². The monoisotopic (exact) mass is 554 g/mol. The Bertz CT molecular complexity index is 1550. The highest BCUT2D eigenvalue weighted by Gasteiger charge is 2.24. The second-order valence-corrected chi connectivity index (χ2v) is 10.1. The van der Waals surface area contributed by atoms with Crippen LogP contribution in [0.25, 0.3) is 11.1 Å². The van der Waals surface area contributed by atoms with E-state index in [2.05, 4.69) is 46.4 Å². The van der Waals surface area contributed by atoms with E-state index in [4.69, 9.17) is 9.84 Å². The van der Waals surface area contributed by atoms with Gasteiger partial charge in [0.25, 0.3) is 0 Å². The van der Waals surface area contributed by atoms with Crippen LogP contribution in [0.2, 0.25) is 0 Å². The zero-order chi connectivity index (χ0) is 28.8. The van der Waals surface area contributed by atoms with Gasteiger partial charge in [0.15, 0.2) is 0 Å². The Kier molecular flexibility index (Phi) is 8.57. The second kappa shape index (κ2) is 12.6. The van der Waals surface area contributed by atoms with Gasteiger partial charge in [0, 0.05) is 36.6 Å². The van der Waals surface area contributed by atoms with E-state index in [1.807, 2.05) is 41.6 Å². The fourth-order valence-corrected chi connectivity index (χ4v) is 5.05. The quantitative estimate of drug-likeness (QED) is 0.257. The first-order valence-corrected chi connectivity index (χ1v) is 13.8. The molecule has 2 aromatic heterocycles. The molecule has 41 heavy (non-hydrogen) atoms. The number of amides is 1. The number of carbonyl (C=O) groups is 2. The maximum atomic E-state index is 13.3. The summed E-state index contributed by atoms with van der Waals surface area (Å²) in [7, 11) is 0. The Morgan fingerprint density at radius 1 is 1.12 bits per heavy atom. The number of aliphatic carboxylic acids is 1. The Morgan fingerprint density at radius 3 is 2.83 bits per heavy atom. The Labute approximate surface area is 239 Å². The van der Waals surface area contributed by atoms with Crippen molar-refractivity contribution in [3.63, 3.8) is 0 Å². The molecule has 0 aliphatic carbocycles. The number of fused-ring (bicyclic) bond motifs is 1. The number of aromatic nitrogens is 4. The molecule has 4 aromatic rings. The molecule has 212 valence electrons. The maximum Gasteiger partial charge on any atom is 0.322 e. The fourth-order valence-electron chi connectivity index (χ4n) is 5.05. The normalized spacial score (nSPS) is 12.6. The Balaban J connectivity index is 1.24. The van der Waals surface area contributed by atoms with Crippen LogP contribution in [0.3, 0.4) is 0 Å². The first-order chi connectivity index (χ1) is 19.9. The van der Waals surface area contributed by atoms with E-state index < -0.39 is 5.97 Å².